The Hall–Kier alpha value is -0.670. The molecule has 1 nitrogen and oxygen atoms in total. The van der Waals surface area contributed by atoms with E-state index in [1.165, 1.54) is 15.0 Å². The third-order valence-corrected chi connectivity index (χ3v) is 3.35. The van der Waals surface area contributed by atoms with Gasteiger partial charge in [-0.05, 0) is 30.5 Å². The smallest absolute Gasteiger partial charge is 0.0480 e. The van der Waals surface area contributed by atoms with E-state index in [1.807, 2.05) is 12.1 Å². The first-order valence-electron chi connectivity index (χ1n) is 3.65. The number of rotatable bonds is 0. The summed E-state index contributed by atoms with van der Waals surface area (Å²) < 4.78 is 1.23. The minimum atomic E-state index is 0.783. The molecule has 3 heteroatoms. The molecular formula is C9H9NS2. The summed E-state index contributed by atoms with van der Waals surface area (Å²) in [6, 6.07) is 6.01. The highest BCUT2D eigenvalue weighted by Crippen LogP contribution is 2.32. The number of nitrogen functional groups attached to an aromatic ring is 1. The number of thiol groups is 1. The third-order valence-electron chi connectivity index (χ3n) is 1.74. The van der Waals surface area contributed by atoms with Crippen LogP contribution < -0.4 is 5.73 Å². The first-order chi connectivity index (χ1) is 5.66. The molecule has 62 valence electrons. The van der Waals surface area contributed by atoms with Crippen molar-refractivity contribution < 1.29 is 0 Å². The lowest BCUT2D eigenvalue weighted by molar-refractivity contribution is 1.59. The van der Waals surface area contributed by atoms with Crippen molar-refractivity contribution in [1.29, 1.82) is 0 Å². The molecule has 0 saturated heterocycles. The van der Waals surface area contributed by atoms with Gasteiger partial charge in [-0.1, -0.05) is 0 Å². The zero-order valence-electron chi connectivity index (χ0n) is 6.66. The molecule has 1 aromatic heterocycles. The maximum atomic E-state index is 5.69. The van der Waals surface area contributed by atoms with E-state index in [0.717, 1.165) is 10.6 Å². The Kier molecular flexibility index (Phi) is 1.77. The van der Waals surface area contributed by atoms with Gasteiger partial charge in [-0.2, -0.15) is 0 Å². The lowest BCUT2D eigenvalue weighted by Gasteiger charge is -1.96. The Bertz CT molecular complexity index is 431. The standard InChI is InChI=1S/C9H9NS2/c1-5-2-6-3-7(10)4-8(11)9(6)12-5/h2-4,11H,10H2,1H3. The van der Waals surface area contributed by atoms with E-state index < -0.39 is 0 Å². The molecule has 0 spiro atoms. The van der Waals surface area contributed by atoms with Crippen LogP contribution in [-0.4, -0.2) is 0 Å². The van der Waals surface area contributed by atoms with Crippen LogP contribution in [0.2, 0.25) is 0 Å². The van der Waals surface area contributed by atoms with E-state index >= 15 is 0 Å². The summed E-state index contributed by atoms with van der Waals surface area (Å²) >= 11 is 6.12. The first kappa shape index (κ1) is 7.95. The summed E-state index contributed by atoms with van der Waals surface area (Å²) in [6.45, 7) is 2.09. The molecule has 1 heterocycles. The van der Waals surface area contributed by atoms with Crippen molar-refractivity contribution in [2.45, 2.75) is 11.8 Å². The maximum absolute atomic E-state index is 5.69. The Morgan fingerprint density at radius 1 is 1.33 bits per heavy atom. The van der Waals surface area contributed by atoms with Gasteiger partial charge in [0.25, 0.3) is 0 Å². The van der Waals surface area contributed by atoms with Gasteiger partial charge >= 0.3 is 0 Å². The summed E-state index contributed by atoms with van der Waals surface area (Å²) in [5.74, 6) is 0. The molecule has 0 bridgehead atoms. The Morgan fingerprint density at radius 3 is 2.83 bits per heavy atom. The number of hydrogen-bond donors (Lipinski definition) is 2. The van der Waals surface area contributed by atoms with Gasteiger partial charge in [0.1, 0.15) is 0 Å². The van der Waals surface area contributed by atoms with E-state index in [0.29, 0.717) is 0 Å². The highest BCUT2D eigenvalue weighted by molar-refractivity contribution is 7.80. The van der Waals surface area contributed by atoms with Crippen molar-refractivity contribution in [2.24, 2.45) is 0 Å². The lowest BCUT2D eigenvalue weighted by Crippen LogP contribution is -1.82. The monoisotopic (exact) mass is 195 g/mol. The molecule has 2 rings (SSSR count). The van der Waals surface area contributed by atoms with Crippen molar-refractivity contribution in [3.63, 3.8) is 0 Å². The quantitative estimate of drug-likeness (QED) is 0.490. The predicted molar refractivity (Wildman–Crippen MR) is 58.2 cm³/mol. The van der Waals surface area contributed by atoms with Gasteiger partial charge in [0, 0.05) is 20.2 Å². The van der Waals surface area contributed by atoms with Crippen LogP contribution in [0.4, 0.5) is 5.69 Å². The largest absolute Gasteiger partial charge is 0.399 e. The van der Waals surface area contributed by atoms with E-state index in [-0.39, 0.29) is 0 Å². The fraction of sp³-hybridized carbons (Fsp3) is 0.111. The highest BCUT2D eigenvalue weighted by atomic mass is 32.1. The van der Waals surface area contributed by atoms with Crippen molar-refractivity contribution >= 4 is 39.7 Å². The SMILES string of the molecule is Cc1cc2cc(N)cc(S)c2s1. The van der Waals surface area contributed by atoms with Crippen LogP contribution in [0.25, 0.3) is 10.1 Å². The van der Waals surface area contributed by atoms with E-state index in [1.54, 1.807) is 11.3 Å². The molecule has 0 unspecified atom stereocenters. The van der Waals surface area contributed by atoms with Crippen molar-refractivity contribution in [1.82, 2.24) is 0 Å². The summed E-state index contributed by atoms with van der Waals surface area (Å²) in [7, 11) is 0. The summed E-state index contributed by atoms with van der Waals surface area (Å²) in [5.41, 5.74) is 6.47. The summed E-state index contributed by atoms with van der Waals surface area (Å²) in [6.07, 6.45) is 0. The van der Waals surface area contributed by atoms with Gasteiger partial charge in [-0.15, -0.1) is 24.0 Å². The second kappa shape index (κ2) is 2.68. The van der Waals surface area contributed by atoms with Crippen LogP contribution in [0.15, 0.2) is 23.1 Å². The fourth-order valence-corrected chi connectivity index (χ4v) is 2.61. The molecule has 0 aliphatic carbocycles. The number of anilines is 1. The predicted octanol–water partition coefficient (Wildman–Crippen LogP) is 3.08. The van der Waals surface area contributed by atoms with Gasteiger partial charge in [0.15, 0.2) is 0 Å². The normalized spacial score (nSPS) is 10.8. The van der Waals surface area contributed by atoms with Gasteiger partial charge in [-0.3, -0.25) is 0 Å². The van der Waals surface area contributed by atoms with Gasteiger partial charge < -0.3 is 5.73 Å². The zero-order valence-corrected chi connectivity index (χ0v) is 8.38. The number of hydrogen-bond acceptors (Lipinski definition) is 3. The van der Waals surface area contributed by atoms with E-state index in [4.69, 9.17) is 5.73 Å². The average Bonchev–Trinajstić information content (AvgIpc) is 2.29. The van der Waals surface area contributed by atoms with Crippen molar-refractivity contribution in [3.8, 4) is 0 Å². The molecule has 2 aromatic rings. The Labute approximate surface area is 80.6 Å². The molecule has 0 fully saturated rings. The Morgan fingerprint density at radius 2 is 2.08 bits per heavy atom. The molecule has 1 aromatic carbocycles. The summed E-state index contributed by atoms with van der Waals surface area (Å²) in [5, 5.41) is 1.20. The molecule has 0 amide bonds. The minimum Gasteiger partial charge on any atom is -0.399 e. The van der Waals surface area contributed by atoms with Gasteiger partial charge in [-0.25, -0.2) is 0 Å². The van der Waals surface area contributed by atoms with Crippen LogP contribution in [0.3, 0.4) is 0 Å². The second-order valence-corrected chi connectivity index (χ2v) is 4.55. The molecule has 0 atom stereocenters. The first-order valence-corrected chi connectivity index (χ1v) is 4.92. The lowest BCUT2D eigenvalue weighted by atomic mass is 10.2. The zero-order chi connectivity index (χ0) is 8.72. The molecule has 0 radical (unpaired) electrons. The molecule has 0 saturated carbocycles. The maximum Gasteiger partial charge on any atom is 0.0480 e. The Balaban J connectivity index is 2.88. The van der Waals surface area contributed by atoms with Crippen LogP contribution in [0.5, 0.6) is 0 Å². The molecule has 12 heavy (non-hydrogen) atoms. The minimum absolute atomic E-state index is 0.783. The van der Waals surface area contributed by atoms with Crippen LogP contribution in [0, 0.1) is 6.92 Å². The molecular weight excluding hydrogens is 186 g/mol. The number of fused-ring (bicyclic) bond motifs is 1. The second-order valence-electron chi connectivity index (χ2n) is 2.82. The van der Waals surface area contributed by atoms with Crippen LogP contribution in [-0.2, 0) is 0 Å². The van der Waals surface area contributed by atoms with Gasteiger partial charge in [0.2, 0.25) is 0 Å². The van der Waals surface area contributed by atoms with Gasteiger partial charge in [0.05, 0.1) is 0 Å². The van der Waals surface area contributed by atoms with Crippen LogP contribution >= 0.6 is 24.0 Å². The number of nitrogens with two attached hydrogens (primary N) is 1. The number of benzene rings is 1. The molecule has 0 aliphatic heterocycles. The molecule has 0 aliphatic rings. The highest BCUT2D eigenvalue weighted by Gasteiger charge is 2.02. The van der Waals surface area contributed by atoms with Crippen molar-refractivity contribution in [3.05, 3.63) is 23.1 Å². The summed E-state index contributed by atoms with van der Waals surface area (Å²) in [4.78, 5) is 2.27. The third kappa shape index (κ3) is 1.19. The van der Waals surface area contributed by atoms with Crippen LogP contribution in [0.1, 0.15) is 4.88 Å². The number of thiophene rings is 1. The number of aryl methyl sites for hydroxylation is 1. The van der Waals surface area contributed by atoms with E-state index in [2.05, 4.69) is 25.6 Å². The topological polar surface area (TPSA) is 26.0 Å². The van der Waals surface area contributed by atoms with E-state index in [9.17, 15) is 0 Å². The molecule has 2 N–H and O–H groups in total. The average molecular weight is 195 g/mol. The van der Waals surface area contributed by atoms with Crippen molar-refractivity contribution in [2.75, 3.05) is 5.73 Å². The fourth-order valence-electron chi connectivity index (χ4n) is 1.29.